The molecule has 1 rings (SSSR count). The van der Waals surface area contributed by atoms with Gasteiger partial charge in [-0.1, -0.05) is 6.07 Å². The molecule has 0 fully saturated rings. The van der Waals surface area contributed by atoms with Crippen LogP contribution in [-0.2, 0) is 4.79 Å². The zero-order chi connectivity index (χ0) is 11.4. The highest BCUT2D eigenvalue weighted by Crippen LogP contribution is 1.98. The van der Waals surface area contributed by atoms with E-state index in [9.17, 15) is 9.59 Å². The number of carbonyl (C=O) groups is 2. The minimum Gasteiger partial charge on any atom is -0.423 e. The molecule has 0 aliphatic heterocycles. The number of hydrogen-bond donors (Lipinski definition) is 2. The highest BCUT2D eigenvalue weighted by molar-refractivity contribution is 6.58. The molecule has 0 amide bonds. The van der Waals surface area contributed by atoms with Crippen molar-refractivity contribution >= 4 is 24.1 Å². The number of rotatable bonds is 4. The monoisotopic (exact) mass is 207 g/mol. The predicted octanol–water partition coefficient (Wildman–Crippen LogP) is -1.08. The van der Waals surface area contributed by atoms with Gasteiger partial charge in [0.05, 0.1) is 6.42 Å². The summed E-state index contributed by atoms with van der Waals surface area (Å²) in [4.78, 5) is 25.7. The van der Waals surface area contributed by atoms with Gasteiger partial charge >= 0.3 is 7.12 Å². The first kappa shape index (κ1) is 11.5. The van der Waals surface area contributed by atoms with Gasteiger partial charge in [-0.25, -0.2) is 0 Å². The number of ketones is 2. The largest absolute Gasteiger partial charge is 0.490 e. The van der Waals surface area contributed by atoms with Crippen LogP contribution >= 0.6 is 0 Å². The van der Waals surface area contributed by atoms with Crippen LogP contribution in [0.5, 0.6) is 0 Å². The van der Waals surface area contributed by atoms with Crippen molar-refractivity contribution in [3.63, 3.8) is 0 Å². The van der Waals surface area contributed by atoms with Crippen molar-refractivity contribution in [2.24, 2.45) is 0 Å². The normalized spacial score (nSPS) is 9.80. The summed E-state index contributed by atoms with van der Waals surface area (Å²) >= 11 is 0. The lowest BCUT2D eigenvalue weighted by Gasteiger charge is -2.00. The second-order valence-electron chi connectivity index (χ2n) is 3.15. The van der Waals surface area contributed by atoms with Gasteiger partial charge in [-0.15, -0.1) is 0 Å². The fourth-order valence-electron chi connectivity index (χ4n) is 1.04. The van der Waals surface area contributed by atoms with Gasteiger partial charge in [-0.05, 0) is 13.0 Å². The predicted molar refractivity (Wildman–Crippen MR) is 53.7 cm³/mol. The Labute approximate surface area is 86.9 Å². The van der Waals surface area contributed by atoms with E-state index < -0.39 is 7.12 Å². The molecular weight excluding hydrogens is 197 g/mol. The van der Waals surface area contributed by atoms with E-state index in [0.717, 1.165) is 0 Å². The minimum absolute atomic E-state index is 0.148. The van der Waals surface area contributed by atoms with Crippen molar-refractivity contribution in [1.29, 1.82) is 0 Å². The van der Waals surface area contributed by atoms with Gasteiger partial charge in [0.1, 0.15) is 11.5 Å². The Morgan fingerprint density at radius 1 is 1.40 bits per heavy atom. The summed E-state index contributed by atoms with van der Waals surface area (Å²) in [5.74, 6) is -0.602. The maximum absolute atomic E-state index is 11.3. The average molecular weight is 207 g/mol. The number of aromatic nitrogens is 1. The van der Waals surface area contributed by atoms with E-state index in [1.165, 1.54) is 25.3 Å². The van der Waals surface area contributed by atoms with Crippen LogP contribution < -0.4 is 5.46 Å². The molecule has 1 aromatic heterocycles. The van der Waals surface area contributed by atoms with Gasteiger partial charge in [0, 0.05) is 11.7 Å². The molecule has 1 aromatic rings. The molecule has 0 atom stereocenters. The maximum Gasteiger partial charge on any atom is 0.490 e. The van der Waals surface area contributed by atoms with Crippen molar-refractivity contribution in [3.8, 4) is 0 Å². The van der Waals surface area contributed by atoms with Crippen molar-refractivity contribution in [1.82, 2.24) is 4.98 Å². The van der Waals surface area contributed by atoms with E-state index in [2.05, 4.69) is 4.98 Å². The van der Waals surface area contributed by atoms with Crippen molar-refractivity contribution in [2.75, 3.05) is 0 Å². The van der Waals surface area contributed by atoms with Crippen LogP contribution in [-0.4, -0.2) is 33.7 Å². The second-order valence-corrected chi connectivity index (χ2v) is 3.15. The Morgan fingerprint density at radius 3 is 2.47 bits per heavy atom. The van der Waals surface area contributed by atoms with Crippen LogP contribution in [0.25, 0.3) is 0 Å². The Kier molecular flexibility index (Phi) is 3.71. The molecule has 78 valence electrons. The molecule has 15 heavy (non-hydrogen) atoms. The number of nitrogens with zero attached hydrogens (tertiary/aromatic N) is 1. The molecule has 0 spiro atoms. The summed E-state index contributed by atoms with van der Waals surface area (Å²) in [6, 6.07) is 2.74. The van der Waals surface area contributed by atoms with Crippen LogP contribution in [0.4, 0.5) is 0 Å². The first-order valence-electron chi connectivity index (χ1n) is 4.35. The van der Waals surface area contributed by atoms with Crippen LogP contribution in [0.15, 0.2) is 18.3 Å². The third kappa shape index (κ3) is 3.27. The van der Waals surface area contributed by atoms with Crippen LogP contribution in [0.3, 0.4) is 0 Å². The molecule has 0 radical (unpaired) electrons. The number of carbonyl (C=O) groups excluding carboxylic acids is 2. The number of pyridine rings is 1. The number of Topliss-reactive ketones (excluding diaryl/α,β-unsaturated/α-hetero) is 2. The van der Waals surface area contributed by atoms with E-state index in [-0.39, 0.29) is 29.1 Å². The summed E-state index contributed by atoms with van der Waals surface area (Å²) in [5.41, 5.74) is 0.351. The van der Waals surface area contributed by atoms with E-state index >= 15 is 0 Å². The summed E-state index contributed by atoms with van der Waals surface area (Å²) in [6.07, 6.45) is 1.01. The molecule has 0 unspecified atom stereocenters. The quantitative estimate of drug-likeness (QED) is 0.372. The van der Waals surface area contributed by atoms with Crippen LogP contribution in [0.2, 0.25) is 0 Å². The summed E-state index contributed by atoms with van der Waals surface area (Å²) < 4.78 is 0. The minimum atomic E-state index is -1.60. The summed E-state index contributed by atoms with van der Waals surface area (Å²) in [7, 11) is -1.60. The Morgan fingerprint density at radius 2 is 2.07 bits per heavy atom. The Balaban J connectivity index is 2.80. The first-order chi connectivity index (χ1) is 7.00. The maximum atomic E-state index is 11.3. The van der Waals surface area contributed by atoms with Gasteiger partial charge in [-0.2, -0.15) is 0 Å². The van der Waals surface area contributed by atoms with Crippen molar-refractivity contribution < 1.29 is 19.6 Å². The summed E-state index contributed by atoms with van der Waals surface area (Å²) in [6.45, 7) is 1.32. The van der Waals surface area contributed by atoms with Gasteiger partial charge in [0.15, 0.2) is 5.78 Å². The Hall–Kier alpha value is -1.53. The van der Waals surface area contributed by atoms with E-state index in [4.69, 9.17) is 10.0 Å². The van der Waals surface area contributed by atoms with Crippen LogP contribution in [0.1, 0.15) is 23.8 Å². The third-order valence-corrected chi connectivity index (χ3v) is 1.78. The van der Waals surface area contributed by atoms with E-state index in [0.29, 0.717) is 0 Å². The molecule has 0 aliphatic rings. The van der Waals surface area contributed by atoms with Crippen molar-refractivity contribution in [3.05, 3.63) is 24.0 Å². The molecule has 0 aromatic carbocycles. The van der Waals surface area contributed by atoms with Gasteiger partial charge in [0.2, 0.25) is 0 Å². The topological polar surface area (TPSA) is 87.5 Å². The summed E-state index contributed by atoms with van der Waals surface area (Å²) in [5, 5.41) is 17.6. The highest BCUT2D eigenvalue weighted by Gasteiger charge is 2.14. The SMILES string of the molecule is CC(=O)CC(=O)c1ccc(B(O)O)cn1. The molecule has 0 bridgehead atoms. The second kappa shape index (κ2) is 4.81. The van der Waals surface area contributed by atoms with Gasteiger partial charge < -0.3 is 10.0 Å². The number of hydrogen-bond acceptors (Lipinski definition) is 5. The molecule has 0 aliphatic carbocycles. The molecular formula is C9H10BNO4. The van der Waals surface area contributed by atoms with Crippen LogP contribution in [0, 0.1) is 0 Å². The van der Waals surface area contributed by atoms with Gasteiger partial charge in [-0.3, -0.25) is 14.6 Å². The first-order valence-corrected chi connectivity index (χ1v) is 4.35. The molecule has 5 nitrogen and oxygen atoms in total. The third-order valence-electron chi connectivity index (χ3n) is 1.78. The smallest absolute Gasteiger partial charge is 0.423 e. The lowest BCUT2D eigenvalue weighted by molar-refractivity contribution is -0.116. The molecule has 6 heteroatoms. The fraction of sp³-hybridized carbons (Fsp3) is 0.222. The van der Waals surface area contributed by atoms with E-state index in [1.54, 1.807) is 0 Å². The molecule has 1 heterocycles. The molecule has 0 saturated heterocycles. The van der Waals surface area contributed by atoms with Gasteiger partial charge in [0.25, 0.3) is 0 Å². The van der Waals surface area contributed by atoms with Crippen molar-refractivity contribution in [2.45, 2.75) is 13.3 Å². The lowest BCUT2D eigenvalue weighted by atomic mass is 9.81. The molecule has 0 saturated carbocycles. The molecule has 2 N–H and O–H groups in total. The standard InChI is InChI=1S/C9H10BNO4/c1-6(12)4-9(13)8-3-2-7(5-11-8)10(14)15/h2-3,5,14-15H,4H2,1H3. The fourth-order valence-corrected chi connectivity index (χ4v) is 1.04. The lowest BCUT2D eigenvalue weighted by Crippen LogP contribution is -2.30. The zero-order valence-electron chi connectivity index (χ0n) is 8.17. The van der Waals surface area contributed by atoms with E-state index in [1.807, 2.05) is 0 Å². The zero-order valence-corrected chi connectivity index (χ0v) is 8.17. The highest BCUT2D eigenvalue weighted by atomic mass is 16.4. The Bertz CT molecular complexity index is 374. The average Bonchev–Trinajstić information content (AvgIpc) is 2.17.